The average molecular weight is 341 g/mol. The first-order valence-electron chi connectivity index (χ1n) is 9.10. The predicted octanol–water partition coefficient (Wildman–Crippen LogP) is 3.07. The predicted molar refractivity (Wildman–Crippen MR) is 98.3 cm³/mol. The molecule has 134 valence electrons. The van der Waals surface area contributed by atoms with Crippen LogP contribution in [0.5, 0.6) is 0 Å². The van der Waals surface area contributed by atoms with Crippen molar-refractivity contribution in [3.63, 3.8) is 0 Å². The third-order valence-corrected chi connectivity index (χ3v) is 5.19. The van der Waals surface area contributed by atoms with Crippen LogP contribution in [0.1, 0.15) is 48.0 Å². The molecule has 3 rings (SSSR count). The summed E-state index contributed by atoms with van der Waals surface area (Å²) in [6.45, 7) is 2.64. The van der Waals surface area contributed by atoms with Gasteiger partial charge in [-0.2, -0.15) is 5.10 Å². The number of nitrogens with one attached hydrogen (secondary N) is 1. The van der Waals surface area contributed by atoms with E-state index < -0.39 is 0 Å². The van der Waals surface area contributed by atoms with E-state index in [1.165, 1.54) is 6.42 Å². The van der Waals surface area contributed by atoms with Gasteiger partial charge in [0.05, 0.1) is 12.3 Å². The van der Waals surface area contributed by atoms with Crippen molar-refractivity contribution >= 4 is 5.91 Å². The number of aromatic nitrogens is 2. The molecule has 0 radical (unpaired) electrons. The summed E-state index contributed by atoms with van der Waals surface area (Å²) in [4.78, 5) is 12.5. The molecule has 2 atom stereocenters. The van der Waals surface area contributed by atoms with E-state index in [9.17, 15) is 9.90 Å². The van der Waals surface area contributed by atoms with Crippen LogP contribution in [-0.2, 0) is 7.05 Å². The summed E-state index contributed by atoms with van der Waals surface area (Å²) in [5.41, 5.74) is 3.83. The Morgan fingerprint density at radius 3 is 2.88 bits per heavy atom. The molecule has 2 N–H and O–H groups in total. The van der Waals surface area contributed by atoms with Crippen molar-refractivity contribution in [3.8, 4) is 11.1 Å². The van der Waals surface area contributed by atoms with E-state index in [1.54, 1.807) is 4.68 Å². The van der Waals surface area contributed by atoms with Crippen LogP contribution in [0, 0.1) is 12.8 Å². The Balaban J connectivity index is 1.62. The molecule has 0 saturated heterocycles. The first-order valence-corrected chi connectivity index (χ1v) is 9.10. The number of aryl methyl sites for hydroxylation is 2. The second-order valence-corrected chi connectivity index (χ2v) is 7.09. The summed E-state index contributed by atoms with van der Waals surface area (Å²) in [6, 6.07) is 5.76. The fraction of sp³-hybridized carbons (Fsp3) is 0.500. The lowest BCUT2D eigenvalue weighted by atomic mass is 9.84. The highest BCUT2D eigenvalue weighted by atomic mass is 16.3. The van der Waals surface area contributed by atoms with Gasteiger partial charge in [0.2, 0.25) is 0 Å². The zero-order valence-electron chi connectivity index (χ0n) is 15.0. The molecule has 1 aliphatic carbocycles. The third-order valence-electron chi connectivity index (χ3n) is 5.19. The Labute approximate surface area is 149 Å². The van der Waals surface area contributed by atoms with Gasteiger partial charge in [-0.05, 0) is 55.4 Å². The summed E-state index contributed by atoms with van der Waals surface area (Å²) in [7, 11) is 1.88. The fourth-order valence-corrected chi connectivity index (χ4v) is 3.63. The maximum Gasteiger partial charge on any atom is 0.251 e. The van der Waals surface area contributed by atoms with Gasteiger partial charge in [-0.15, -0.1) is 0 Å². The minimum atomic E-state index is -0.206. The summed E-state index contributed by atoms with van der Waals surface area (Å²) >= 11 is 0. The molecule has 0 spiro atoms. The van der Waals surface area contributed by atoms with Crippen molar-refractivity contribution < 1.29 is 9.90 Å². The number of hydrogen-bond acceptors (Lipinski definition) is 3. The van der Waals surface area contributed by atoms with Crippen LogP contribution in [0.3, 0.4) is 0 Å². The topological polar surface area (TPSA) is 67.2 Å². The van der Waals surface area contributed by atoms with Crippen molar-refractivity contribution in [2.75, 3.05) is 6.54 Å². The van der Waals surface area contributed by atoms with Gasteiger partial charge < -0.3 is 10.4 Å². The van der Waals surface area contributed by atoms with E-state index in [2.05, 4.69) is 10.4 Å². The molecule has 2 aromatic rings. The van der Waals surface area contributed by atoms with Gasteiger partial charge in [0.25, 0.3) is 5.91 Å². The monoisotopic (exact) mass is 341 g/mol. The molecule has 0 bridgehead atoms. The van der Waals surface area contributed by atoms with Crippen LogP contribution in [0.4, 0.5) is 0 Å². The van der Waals surface area contributed by atoms with Crippen molar-refractivity contribution in [2.24, 2.45) is 13.0 Å². The Hall–Kier alpha value is -2.14. The van der Waals surface area contributed by atoms with Crippen LogP contribution in [0.2, 0.25) is 0 Å². The van der Waals surface area contributed by atoms with Crippen LogP contribution in [0.25, 0.3) is 11.1 Å². The Morgan fingerprint density at radius 1 is 1.36 bits per heavy atom. The Kier molecular flexibility index (Phi) is 5.53. The van der Waals surface area contributed by atoms with Crippen molar-refractivity contribution in [1.82, 2.24) is 15.1 Å². The van der Waals surface area contributed by atoms with Gasteiger partial charge in [0.1, 0.15) is 0 Å². The number of benzene rings is 1. The number of carbonyl (C=O) groups is 1. The molecule has 1 amide bonds. The van der Waals surface area contributed by atoms with Gasteiger partial charge >= 0.3 is 0 Å². The second-order valence-electron chi connectivity index (χ2n) is 7.09. The van der Waals surface area contributed by atoms with E-state index >= 15 is 0 Å². The molecule has 1 aliphatic rings. The second kappa shape index (κ2) is 7.83. The van der Waals surface area contributed by atoms with Gasteiger partial charge in [-0.25, -0.2) is 0 Å². The van der Waals surface area contributed by atoms with Crippen LogP contribution < -0.4 is 5.32 Å². The number of amides is 1. The summed E-state index contributed by atoms with van der Waals surface area (Å²) in [5.74, 6) is 0.258. The number of nitrogens with zero attached hydrogens (tertiary/aromatic N) is 2. The van der Waals surface area contributed by atoms with E-state index in [-0.39, 0.29) is 12.0 Å². The first-order chi connectivity index (χ1) is 12.0. The number of aliphatic hydroxyl groups excluding tert-OH is 1. The molecular formula is C20H27N3O2. The van der Waals surface area contributed by atoms with E-state index in [0.717, 1.165) is 42.4 Å². The lowest BCUT2D eigenvalue weighted by Crippen LogP contribution is -2.31. The first kappa shape index (κ1) is 17.7. The smallest absolute Gasteiger partial charge is 0.251 e. The highest BCUT2D eigenvalue weighted by Gasteiger charge is 2.22. The Bertz CT molecular complexity index is 738. The molecule has 5 nitrogen and oxygen atoms in total. The molecular weight excluding hydrogens is 314 g/mol. The number of aliphatic hydroxyl groups is 1. The summed E-state index contributed by atoms with van der Waals surface area (Å²) < 4.78 is 1.76. The zero-order valence-corrected chi connectivity index (χ0v) is 15.0. The minimum absolute atomic E-state index is 0.0598. The van der Waals surface area contributed by atoms with Gasteiger partial charge in [0.15, 0.2) is 0 Å². The van der Waals surface area contributed by atoms with Crippen molar-refractivity contribution in [3.05, 3.63) is 41.7 Å². The average Bonchev–Trinajstić information content (AvgIpc) is 3.03. The molecule has 1 saturated carbocycles. The van der Waals surface area contributed by atoms with Crippen LogP contribution >= 0.6 is 0 Å². The van der Waals surface area contributed by atoms with Crippen LogP contribution in [0.15, 0.2) is 30.6 Å². The van der Waals surface area contributed by atoms with E-state index in [1.807, 2.05) is 44.6 Å². The number of carbonyl (C=O) groups excluding carboxylic acids is 1. The molecule has 25 heavy (non-hydrogen) atoms. The minimum Gasteiger partial charge on any atom is -0.393 e. The Morgan fingerprint density at radius 2 is 2.16 bits per heavy atom. The molecule has 1 fully saturated rings. The summed E-state index contributed by atoms with van der Waals surface area (Å²) in [5, 5.41) is 17.2. The number of rotatable bonds is 5. The highest BCUT2D eigenvalue weighted by molar-refractivity contribution is 5.95. The van der Waals surface area contributed by atoms with Gasteiger partial charge in [-0.3, -0.25) is 9.48 Å². The van der Waals surface area contributed by atoms with Gasteiger partial charge in [-0.1, -0.05) is 18.9 Å². The quantitative estimate of drug-likeness (QED) is 0.878. The molecule has 0 aliphatic heterocycles. The lowest BCUT2D eigenvalue weighted by molar-refractivity contribution is 0.0643. The lowest BCUT2D eigenvalue weighted by Gasteiger charge is -2.27. The summed E-state index contributed by atoms with van der Waals surface area (Å²) in [6.07, 6.45) is 8.66. The van der Waals surface area contributed by atoms with E-state index in [0.29, 0.717) is 18.0 Å². The maximum atomic E-state index is 12.5. The molecule has 5 heteroatoms. The SMILES string of the molecule is Cc1ccc(C(=O)NCC[C@@H]2CCCC[C@@H]2O)cc1-c1cnn(C)c1. The van der Waals surface area contributed by atoms with Crippen LogP contribution in [-0.4, -0.2) is 33.4 Å². The normalized spacial score (nSPS) is 20.4. The third kappa shape index (κ3) is 4.28. The largest absolute Gasteiger partial charge is 0.393 e. The van der Waals surface area contributed by atoms with Gasteiger partial charge in [0, 0.05) is 30.9 Å². The zero-order chi connectivity index (χ0) is 17.8. The van der Waals surface area contributed by atoms with Crippen molar-refractivity contribution in [2.45, 2.75) is 45.1 Å². The molecule has 1 aromatic carbocycles. The van der Waals surface area contributed by atoms with E-state index in [4.69, 9.17) is 0 Å². The fourth-order valence-electron chi connectivity index (χ4n) is 3.63. The van der Waals surface area contributed by atoms with Crippen molar-refractivity contribution in [1.29, 1.82) is 0 Å². The maximum absolute atomic E-state index is 12.5. The molecule has 1 heterocycles. The molecule has 1 aromatic heterocycles. The number of hydrogen-bond donors (Lipinski definition) is 2. The molecule has 0 unspecified atom stereocenters. The highest BCUT2D eigenvalue weighted by Crippen LogP contribution is 2.27. The standard InChI is InChI=1S/C20H27N3O2/c1-14-7-8-16(11-18(14)17-12-22-23(2)13-17)20(25)21-10-9-15-5-3-4-6-19(15)24/h7-8,11-13,15,19,24H,3-6,9-10H2,1-2H3,(H,21,25)/t15-,19-/m0/s1.